The average molecular weight is 273 g/mol. The van der Waals surface area contributed by atoms with Crippen LogP contribution < -0.4 is 0 Å². The van der Waals surface area contributed by atoms with Gasteiger partial charge in [-0.2, -0.15) is 0 Å². The Balaban J connectivity index is 2.60. The molecule has 2 aromatic rings. The molecule has 0 N–H and O–H groups in total. The lowest BCUT2D eigenvalue weighted by Gasteiger charge is -2.01. The fourth-order valence-corrected chi connectivity index (χ4v) is 1.88. The Morgan fingerprint density at radius 2 is 2.06 bits per heavy atom. The van der Waals surface area contributed by atoms with E-state index in [0.29, 0.717) is 22.2 Å². The predicted octanol–water partition coefficient (Wildman–Crippen LogP) is 3.06. The zero-order chi connectivity index (χ0) is 12.6. The van der Waals surface area contributed by atoms with Crippen molar-refractivity contribution in [1.29, 1.82) is 0 Å². The number of esters is 1. The van der Waals surface area contributed by atoms with Crippen LogP contribution in [0.3, 0.4) is 0 Å². The van der Waals surface area contributed by atoms with Gasteiger partial charge in [0.15, 0.2) is 0 Å². The Labute approximate surface area is 108 Å². The van der Waals surface area contributed by atoms with Gasteiger partial charge in [-0.3, -0.25) is 0 Å². The number of fused-ring (bicyclic) bond motifs is 1. The third kappa shape index (κ3) is 2.10. The highest BCUT2D eigenvalue weighted by atomic mass is 35.5. The lowest BCUT2D eigenvalue weighted by atomic mass is 10.3. The Hall–Kier alpha value is -1.26. The molecule has 0 fully saturated rings. The number of imidazole rings is 1. The SMILES string of the molecule is CCOC(=O)c1nc2cc(Cl)c(Cl)cc2n1C. The second kappa shape index (κ2) is 4.55. The molecule has 0 saturated carbocycles. The summed E-state index contributed by atoms with van der Waals surface area (Å²) in [5.74, 6) is -0.223. The van der Waals surface area contributed by atoms with Crippen molar-refractivity contribution < 1.29 is 9.53 Å². The Morgan fingerprint density at radius 1 is 1.41 bits per heavy atom. The van der Waals surface area contributed by atoms with Crippen LogP contribution in [0.4, 0.5) is 0 Å². The molecule has 1 aromatic carbocycles. The van der Waals surface area contributed by atoms with Gasteiger partial charge in [-0.15, -0.1) is 0 Å². The van der Waals surface area contributed by atoms with Crippen molar-refractivity contribution in [2.75, 3.05) is 6.61 Å². The molecule has 0 amide bonds. The van der Waals surface area contributed by atoms with E-state index in [2.05, 4.69) is 4.98 Å². The molecule has 17 heavy (non-hydrogen) atoms. The van der Waals surface area contributed by atoms with Gasteiger partial charge in [-0.1, -0.05) is 23.2 Å². The first-order valence-electron chi connectivity index (χ1n) is 5.03. The fourth-order valence-electron chi connectivity index (χ4n) is 1.57. The smallest absolute Gasteiger partial charge is 0.374 e. The number of ether oxygens (including phenoxy) is 1. The molecule has 2 rings (SSSR count). The van der Waals surface area contributed by atoms with E-state index in [4.69, 9.17) is 27.9 Å². The summed E-state index contributed by atoms with van der Waals surface area (Å²) in [6, 6.07) is 3.30. The normalized spacial score (nSPS) is 10.8. The van der Waals surface area contributed by atoms with Crippen LogP contribution in [0.5, 0.6) is 0 Å². The van der Waals surface area contributed by atoms with E-state index in [0.717, 1.165) is 5.52 Å². The van der Waals surface area contributed by atoms with Crippen molar-refractivity contribution in [2.24, 2.45) is 7.05 Å². The minimum Gasteiger partial charge on any atom is -0.460 e. The molecule has 4 nitrogen and oxygen atoms in total. The topological polar surface area (TPSA) is 44.1 Å². The minimum atomic E-state index is -0.460. The number of aryl methyl sites for hydroxylation is 1. The predicted molar refractivity (Wildman–Crippen MR) is 66.7 cm³/mol. The lowest BCUT2D eigenvalue weighted by Crippen LogP contribution is -2.11. The molecule has 6 heteroatoms. The number of carbonyl (C=O) groups excluding carboxylic acids is 1. The van der Waals surface area contributed by atoms with E-state index in [9.17, 15) is 4.79 Å². The highest BCUT2D eigenvalue weighted by molar-refractivity contribution is 6.42. The van der Waals surface area contributed by atoms with Gasteiger partial charge in [0.2, 0.25) is 5.82 Å². The van der Waals surface area contributed by atoms with E-state index in [1.54, 1.807) is 30.7 Å². The van der Waals surface area contributed by atoms with E-state index >= 15 is 0 Å². The fraction of sp³-hybridized carbons (Fsp3) is 0.273. The van der Waals surface area contributed by atoms with Crippen molar-refractivity contribution >= 4 is 40.2 Å². The second-order valence-electron chi connectivity index (χ2n) is 3.47. The number of hydrogen-bond donors (Lipinski definition) is 0. The quantitative estimate of drug-likeness (QED) is 0.790. The van der Waals surface area contributed by atoms with Crippen molar-refractivity contribution in [3.63, 3.8) is 0 Å². The zero-order valence-electron chi connectivity index (χ0n) is 9.33. The van der Waals surface area contributed by atoms with Gasteiger partial charge in [0, 0.05) is 7.05 Å². The maximum Gasteiger partial charge on any atom is 0.374 e. The summed E-state index contributed by atoms with van der Waals surface area (Å²) in [7, 11) is 1.73. The molecule has 0 unspecified atom stereocenters. The number of hydrogen-bond acceptors (Lipinski definition) is 3. The molecule has 0 radical (unpaired) electrons. The van der Waals surface area contributed by atoms with Crippen LogP contribution in [0.2, 0.25) is 10.0 Å². The minimum absolute atomic E-state index is 0.236. The second-order valence-corrected chi connectivity index (χ2v) is 4.28. The highest BCUT2D eigenvalue weighted by Gasteiger charge is 2.17. The lowest BCUT2D eigenvalue weighted by molar-refractivity contribution is 0.0508. The largest absolute Gasteiger partial charge is 0.460 e. The van der Waals surface area contributed by atoms with E-state index in [1.807, 2.05) is 0 Å². The van der Waals surface area contributed by atoms with E-state index in [-0.39, 0.29) is 5.82 Å². The molecule has 1 heterocycles. The van der Waals surface area contributed by atoms with Crippen molar-refractivity contribution in [3.8, 4) is 0 Å². The maximum atomic E-state index is 11.6. The number of nitrogens with zero attached hydrogens (tertiary/aromatic N) is 2. The van der Waals surface area contributed by atoms with Crippen LogP contribution in [-0.2, 0) is 11.8 Å². The molecule has 0 aliphatic rings. The van der Waals surface area contributed by atoms with Gasteiger partial charge >= 0.3 is 5.97 Å². The molecule has 0 atom stereocenters. The maximum absolute atomic E-state index is 11.6. The highest BCUT2D eigenvalue weighted by Crippen LogP contribution is 2.27. The number of halogens is 2. The Morgan fingerprint density at radius 3 is 2.71 bits per heavy atom. The van der Waals surface area contributed by atoms with Crippen molar-refractivity contribution in [1.82, 2.24) is 9.55 Å². The van der Waals surface area contributed by atoms with E-state index in [1.165, 1.54) is 0 Å². The molecule has 0 spiro atoms. The molecular weight excluding hydrogens is 263 g/mol. The van der Waals surface area contributed by atoms with Crippen LogP contribution in [0.15, 0.2) is 12.1 Å². The standard InChI is InChI=1S/C11H10Cl2N2O2/c1-3-17-11(16)10-14-8-4-6(12)7(13)5-9(8)15(10)2/h4-5H,3H2,1-2H3. The first-order valence-corrected chi connectivity index (χ1v) is 5.78. The molecule has 90 valence electrons. The van der Waals surface area contributed by atoms with Gasteiger partial charge in [0.25, 0.3) is 0 Å². The van der Waals surface area contributed by atoms with E-state index < -0.39 is 5.97 Å². The first kappa shape index (κ1) is 12.2. The van der Waals surface area contributed by atoms with Gasteiger partial charge in [-0.05, 0) is 19.1 Å². The molecule has 1 aromatic heterocycles. The van der Waals surface area contributed by atoms with Crippen molar-refractivity contribution in [2.45, 2.75) is 6.92 Å². The summed E-state index contributed by atoms with van der Waals surface area (Å²) in [4.78, 5) is 15.8. The Bertz CT molecular complexity index is 593. The Kier molecular flexibility index (Phi) is 3.26. The summed E-state index contributed by atoms with van der Waals surface area (Å²) >= 11 is 11.8. The summed E-state index contributed by atoms with van der Waals surface area (Å²) in [5, 5.41) is 0.838. The summed E-state index contributed by atoms with van der Waals surface area (Å²) in [6.07, 6.45) is 0. The number of benzene rings is 1. The summed E-state index contributed by atoms with van der Waals surface area (Å²) in [5.41, 5.74) is 1.35. The monoisotopic (exact) mass is 272 g/mol. The first-order chi connectivity index (χ1) is 8.04. The van der Waals surface area contributed by atoms with Crippen LogP contribution in [0.25, 0.3) is 11.0 Å². The van der Waals surface area contributed by atoms with Crippen LogP contribution in [-0.4, -0.2) is 22.1 Å². The van der Waals surface area contributed by atoms with Crippen molar-refractivity contribution in [3.05, 3.63) is 28.0 Å². The molecule has 0 bridgehead atoms. The van der Waals surface area contributed by atoms with Gasteiger partial charge < -0.3 is 9.30 Å². The van der Waals surface area contributed by atoms with Gasteiger partial charge in [-0.25, -0.2) is 9.78 Å². The number of carbonyl (C=O) groups is 1. The van der Waals surface area contributed by atoms with Crippen LogP contribution in [0, 0.1) is 0 Å². The zero-order valence-corrected chi connectivity index (χ0v) is 10.8. The number of rotatable bonds is 2. The van der Waals surface area contributed by atoms with Gasteiger partial charge in [0.05, 0.1) is 27.7 Å². The third-order valence-electron chi connectivity index (χ3n) is 2.38. The van der Waals surface area contributed by atoms with Crippen LogP contribution >= 0.6 is 23.2 Å². The molecular formula is C11H10Cl2N2O2. The molecule has 0 aliphatic heterocycles. The van der Waals surface area contributed by atoms with Crippen LogP contribution in [0.1, 0.15) is 17.5 Å². The van der Waals surface area contributed by atoms with Gasteiger partial charge in [0.1, 0.15) is 0 Å². The molecule has 0 saturated heterocycles. The summed E-state index contributed by atoms with van der Waals surface area (Å²) in [6.45, 7) is 2.05. The molecule has 0 aliphatic carbocycles. The average Bonchev–Trinajstić information content (AvgIpc) is 2.58. The third-order valence-corrected chi connectivity index (χ3v) is 3.10. The summed E-state index contributed by atoms with van der Waals surface area (Å²) < 4.78 is 6.55. The number of aromatic nitrogens is 2.